The molecule has 5 heteroatoms. The highest BCUT2D eigenvalue weighted by atomic mass is 32.2. The van der Waals surface area contributed by atoms with Crippen molar-refractivity contribution in [2.75, 3.05) is 31.9 Å². The summed E-state index contributed by atoms with van der Waals surface area (Å²) in [4.78, 5) is 15.3. The topological polar surface area (TPSA) is 52.6 Å². The van der Waals surface area contributed by atoms with Gasteiger partial charge in [0.2, 0.25) is 5.91 Å². The number of hydrogen-bond acceptors (Lipinski definition) is 4. The minimum atomic E-state index is -0.113. The Morgan fingerprint density at radius 3 is 2.73 bits per heavy atom. The molecule has 2 N–H and O–H groups in total. The van der Waals surface area contributed by atoms with E-state index >= 15 is 0 Å². The molecule has 0 atom stereocenters. The van der Waals surface area contributed by atoms with Crippen molar-refractivity contribution in [2.45, 2.75) is 36.7 Å². The number of rotatable bonds is 8. The minimum absolute atomic E-state index is 0.113. The fourth-order valence-electron chi connectivity index (χ4n) is 2.54. The Hall–Kier alpha value is -1.04. The first kappa shape index (κ1) is 17.3. The van der Waals surface area contributed by atoms with Gasteiger partial charge in [0, 0.05) is 36.7 Å². The maximum absolute atomic E-state index is 11.8. The lowest BCUT2D eigenvalue weighted by Gasteiger charge is -2.29. The van der Waals surface area contributed by atoms with Crippen molar-refractivity contribution in [1.82, 2.24) is 10.2 Å². The van der Waals surface area contributed by atoms with Crippen LogP contribution in [0.2, 0.25) is 0 Å². The van der Waals surface area contributed by atoms with E-state index in [1.54, 1.807) is 11.8 Å². The lowest BCUT2D eigenvalue weighted by molar-refractivity contribution is -0.120. The first-order valence-electron chi connectivity index (χ1n) is 8.09. The molecule has 1 saturated heterocycles. The number of amides is 1. The van der Waals surface area contributed by atoms with Crippen molar-refractivity contribution >= 4 is 17.7 Å². The Kier molecular flexibility index (Phi) is 7.77. The zero-order valence-electron chi connectivity index (χ0n) is 13.0. The zero-order valence-corrected chi connectivity index (χ0v) is 13.9. The maximum atomic E-state index is 11.8. The van der Waals surface area contributed by atoms with Crippen molar-refractivity contribution < 1.29 is 9.90 Å². The molecule has 1 aliphatic rings. The number of thioether (sulfide) groups is 1. The quantitative estimate of drug-likeness (QED) is 0.569. The number of benzene rings is 1. The van der Waals surface area contributed by atoms with Gasteiger partial charge in [-0.25, -0.2) is 0 Å². The normalized spacial score (nSPS) is 16.6. The van der Waals surface area contributed by atoms with Crippen molar-refractivity contribution in [3.05, 3.63) is 30.3 Å². The number of nitrogens with zero attached hydrogens (tertiary/aromatic N) is 1. The van der Waals surface area contributed by atoms with Gasteiger partial charge in [-0.05, 0) is 37.9 Å². The lowest BCUT2D eigenvalue weighted by Crippen LogP contribution is -2.37. The molecule has 22 heavy (non-hydrogen) atoms. The predicted octanol–water partition coefficient (Wildman–Crippen LogP) is 2.13. The third kappa shape index (κ3) is 6.81. The highest BCUT2D eigenvalue weighted by molar-refractivity contribution is 7.99. The van der Waals surface area contributed by atoms with E-state index in [1.165, 1.54) is 4.90 Å². The Morgan fingerprint density at radius 1 is 1.27 bits per heavy atom. The molecule has 2 rings (SSSR count). The summed E-state index contributed by atoms with van der Waals surface area (Å²) in [5.74, 6) is 0.956. The molecule has 1 amide bonds. The fraction of sp³-hybridized carbons (Fsp3) is 0.588. The smallest absolute Gasteiger partial charge is 0.220 e. The second-order valence-electron chi connectivity index (χ2n) is 5.69. The van der Waals surface area contributed by atoms with Gasteiger partial charge in [-0.2, -0.15) is 0 Å². The molecule has 0 spiro atoms. The van der Waals surface area contributed by atoms with E-state index < -0.39 is 0 Å². The van der Waals surface area contributed by atoms with Crippen LogP contribution < -0.4 is 5.32 Å². The summed E-state index contributed by atoms with van der Waals surface area (Å²) in [6.07, 6.45) is 3.19. The van der Waals surface area contributed by atoms with Crippen LogP contribution >= 0.6 is 11.8 Å². The van der Waals surface area contributed by atoms with Gasteiger partial charge < -0.3 is 15.3 Å². The number of carbonyl (C=O) groups is 1. The van der Waals surface area contributed by atoms with E-state index in [9.17, 15) is 9.90 Å². The van der Waals surface area contributed by atoms with Gasteiger partial charge >= 0.3 is 0 Å². The van der Waals surface area contributed by atoms with Gasteiger partial charge in [0.1, 0.15) is 0 Å². The summed E-state index contributed by atoms with van der Waals surface area (Å²) in [7, 11) is 0. The second-order valence-corrected chi connectivity index (χ2v) is 6.86. The van der Waals surface area contributed by atoms with Gasteiger partial charge in [-0.1, -0.05) is 18.2 Å². The van der Waals surface area contributed by atoms with E-state index in [2.05, 4.69) is 22.3 Å². The number of hydrogen-bond donors (Lipinski definition) is 2. The van der Waals surface area contributed by atoms with Crippen LogP contribution in [0.1, 0.15) is 25.7 Å². The molecule has 0 bridgehead atoms. The number of carbonyl (C=O) groups excluding carboxylic acids is 1. The fourth-order valence-corrected chi connectivity index (χ4v) is 3.41. The van der Waals surface area contributed by atoms with Crippen molar-refractivity contribution in [3.63, 3.8) is 0 Å². The number of nitrogens with one attached hydrogen (secondary N) is 1. The average Bonchev–Trinajstić information content (AvgIpc) is 2.54. The van der Waals surface area contributed by atoms with Gasteiger partial charge in [-0.15, -0.1) is 11.8 Å². The Labute approximate surface area is 137 Å². The molecule has 122 valence electrons. The standard InChI is InChI=1S/C17H26N2O2S/c20-15-7-12-19(13-8-15)11-4-10-18-17(21)9-14-22-16-5-2-1-3-6-16/h1-3,5-6,15,20H,4,7-14H2,(H,18,21). The third-order valence-electron chi connectivity index (χ3n) is 3.87. The van der Waals surface area contributed by atoms with E-state index in [4.69, 9.17) is 0 Å². The summed E-state index contributed by atoms with van der Waals surface area (Å²) < 4.78 is 0. The van der Waals surface area contributed by atoms with Crippen LogP contribution in [0.25, 0.3) is 0 Å². The van der Waals surface area contributed by atoms with Crippen LogP contribution in [0.5, 0.6) is 0 Å². The number of piperidine rings is 1. The largest absolute Gasteiger partial charge is 0.393 e. The SMILES string of the molecule is O=C(CCSc1ccccc1)NCCCN1CCC(O)CC1. The minimum Gasteiger partial charge on any atom is -0.393 e. The molecule has 1 aromatic rings. The molecule has 4 nitrogen and oxygen atoms in total. The number of aliphatic hydroxyl groups excluding tert-OH is 1. The molecule has 1 aromatic carbocycles. The van der Waals surface area contributed by atoms with Gasteiger partial charge in [0.15, 0.2) is 0 Å². The molecule has 0 aromatic heterocycles. The Bertz CT molecular complexity index is 434. The summed E-state index contributed by atoms with van der Waals surface area (Å²) in [5, 5.41) is 12.4. The van der Waals surface area contributed by atoms with Crippen molar-refractivity contribution in [2.24, 2.45) is 0 Å². The molecule has 1 heterocycles. The van der Waals surface area contributed by atoms with Gasteiger partial charge in [0.05, 0.1) is 6.10 Å². The van der Waals surface area contributed by atoms with Crippen LogP contribution in [-0.2, 0) is 4.79 Å². The van der Waals surface area contributed by atoms with Crippen molar-refractivity contribution in [3.8, 4) is 0 Å². The van der Waals surface area contributed by atoms with Crippen molar-refractivity contribution in [1.29, 1.82) is 0 Å². The Balaban J connectivity index is 1.47. The monoisotopic (exact) mass is 322 g/mol. The molecule has 0 aliphatic carbocycles. The molecule has 0 saturated carbocycles. The Morgan fingerprint density at radius 2 is 2.00 bits per heavy atom. The molecular formula is C17H26N2O2S. The number of aliphatic hydroxyl groups is 1. The van der Waals surface area contributed by atoms with Gasteiger partial charge in [-0.3, -0.25) is 4.79 Å². The predicted molar refractivity (Wildman–Crippen MR) is 91.1 cm³/mol. The average molecular weight is 322 g/mol. The first-order valence-corrected chi connectivity index (χ1v) is 9.07. The van der Waals surface area contributed by atoms with Gasteiger partial charge in [0.25, 0.3) is 0 Å². The molecule has 1 fully saturated rings. The molecule has 0 radical (unpaired) electrons. The first-order chi connectivity index (χ1) is 10.7. The van der Waals surface area contributed by atoms with Crippen LogP contribution in [0.3, 0.4) is 0 Å². The lowest BCUT2D eigenvalue weighted by atomic mass is 10.1. The summed E-state index contributed by atoms with van der Waals surface area (Å²) in [6.45, 7) is 3.70. The maximum Gasteiger partial charge on any atom is 0.220 e. The molecular weight excluding hydrogens is 296 g/mol. The summed E-state index contributed by atoms with van der Waals surface area (Å²) in [6, 6.07) is 10.2. The van der Waals surface area contributed by atoms with Crippen LogP contribution in [0.15, 0.2) is 35.2 Å². The van der Waals surface area contributed by atoms with E-state index in [0.717, 1.165) is 51.2 Å². The second kappa shape index (κ2) is 9.87. The van der Waals surface area contributed by atoms with Crippen LogP contribution in [0, 0.1) is 0 Å². The van der Waals surface area contributed by atoms with Crippen LogP contribution in [-0.4, -0.2) is 53.9 Å². The van der Waals surface area contributed by atoms with Crippen LogP contribution in [0.4, 0.5) is 0 Å². The summed E-state index contributed by atoms with van der Waals surface area (Å²) >= 11 is 1.72. The van der Waals surface area contributed by atoms with E-state index in [1.807, 2.05) is 18.2 Å². The third-order valence-corrected chi connectivity index (χ3v) is 4.89. The molecule has 1 aliphatic heterocycles. The van der Waals surface area contributed by atoms with E-state index in [-0.39, 0.29) is 12.0 Å². The molecule has 0 unspecified atom stereocenters. The zero-order chi connectivity index (χ0) is 15.6. The van der Waals surface area contributed by atoms with E-state index in [0.29, 0.717) is 6.42 Å². The number of likely N-dealkylation sites (tertiary alicyclic amines) is 1. The highest BCUT2D eigenvalue weighted by Gasteiger charge is 2.16. The summed E-state index contributed by atoms with van der Waals surface area (Å²) in [5.41, 5.74) is 0. The highest BCUT2D eigenvalue weighted by Crippen LogP contribution is 2.17.